The third-order valence-electron chi connectivity index (χ3n) is 18.7. The van der Waals surface area contributed by atoms with Crippen LogP contribution in [0.2, 0.25) is 0 Å². The number of anilines is 6. The Balaban J connectivity index is 1.16. The zero-order valence-corrected chi connectivity index (χ0v) is 45.9. The van der Waals surface area contributed by atoms with Crippen molar-refractivity contribution in [2.75, 3.05) is 9.80 Å². The molecular weight excluding hydrogens is 876 g/mol. The van der Waals surface area contributed by atoms with E-state index in [0.29, 0.717) is 0 Å². The van der Waals surface area contributed by atoms with Gasteiger partial charge >= 0.3 is 0 Å². The maximum absolute atomic E-state index is 2.75. The van der Waals surface area contributed by atoms with Gasteiger partial charge in [-0.05, 0) is 205 Å². The van der Waals surface area contributed by atoms with E-state index in [0.717, 1.165) is 12.8 Å². The van der Waals surface area contributed by atoms with E-state index in [-0.39, 0.29) is 39.2 Å². The van der Waals surface area contributed by atoms with Gasteiger partial charge in [0.15, 0.2) is 0 Å². The number of benzene rings is 7. The lowest BCUT2D eigenvalue weighted by molar-refractivity contribution is 0.332. The number of nitrogens with zero attached hydrogens (tertiary/aromatic N) is 2. The number of fused-ring (bicyclic) bond motifs is 10. The quantitative estimate of drug-likeness (QED) is 0.163. The second-order valence-corrected chi connectivity index (χ2v) is 27.9. The predicted molar refractivity (Wildman–Crippen MR) is 310 cm³/mol. The first-order chi connectivity index (χ1) is 33.4. The first-order valence-corrected chi connectivity index (χ1v) is 27.5. The van der Waals surface area contributed by atoms with Crippen LogP contribution in [0.25, 0.3) is 31.3 Å². The molecule has 0 unspecified atom stereocenters. The van der Waals surface area contributed by atoms with Crippen molar-refractivity contribution < 1.29 is 0 Å². The van der Waals surface area contributed by atoms with E-state index in [4.69, 9.17) is 0 Å². The minimum Gasteiger partial charge on any atom is -0.311 e. The molecule has 0 N–H and O–H groups in total. The summed E-state index contributed by atoms with van der Waals surface area (Å²) in [4.78, 5) is 5.45. The molecule has 8 aromatic rings. The summed E-state index contributed by atoms with van der Waals surface area (Å²) in [5.74, 6) is 0. The van der Waals surface area contributed by atoms with E-state index in [1.54, 1.807) is 0 Å². The van der Waals surface area contributed by atoms with Crippen molar-refractivity contribution >= 4 is 88.7 Å². The lowest BCUT2D eigenvalue weighted by atomic mass is 9.33. The Morgan fingerprint density at radius 3 is 1.49 bits per heavy atom. The van der Waals surface area contributed by atoms with Gasteiger partial charge in [-0.1, -0.05) is 144 Å². The highest BCUT2D eigenvalue weighted by molar-refractivity contribution is 7.26. The van der Waals surface area contributed by atoms with Gasteiger partial charge in [-0.25, -0.2) is 0 Å². The van der Waals surface area contributed by atoms with Gasteiger partial charge in [0, 0.05) is 54.3 Å². The number of thiophene rings is 1. The van der Waals surface area contributed by atoms with Gasteiger partial charge in [0.05, 0.1) is 0 Å². The van der Waals surface area contributed by atoms with Crippen LogP contribution in [0.4, 0.5) is 34.1 Å². The standard InChI is InChI=1S/C67H71BN2S/c1-38-27-56-61-57(28-38)70(54-34-49-45(30-40(54)3)65(10,11)37-67(49,14)15)55-35-47-46(62(4,5)25-26-63(47,6)7)32-51(55)68(61)50-31-41(42-20-18-22-59-60(42)43-19-16-17-21-58(43)71-59)23-24-52(50)69(56)53-33-48-44(29-39(53)2)64(8,9)36-66(48,12)13/h16-24,27-35H,25-26,36-37H2,1-15H3. The number of hydrogen-bond acceptors (Lipinski definition) is 3. The maximum atomic E-state index is 2.75. The molecule has 0 atom stereocenters. The number of hydrogen-bond donors (Lipinski definition) is 0. The zero-order valence-electron chi connectivity index (χ0n) is 45.1. The number of aryl methyl sites for hydroxylation is 3. The van der Waals surface area contributed by atoms with Crippen LogP contribution in [0.1, 0.15) is 159 Å². The van der Waals surface area contributed by atoms with Crippen molar-refractivity contribution in [3.8, 4) is 11.1 Å². The molecule has 358 valence electrons. The van der Waals surface area contributed by atoms with Crippen molar-refractivity contribution in [2.24, 2.45) is 0 Å². The van der Waals surface area contributed by atoms with Crippen LogP contribution in [0.3, 0.4) is 0 Å². The Morgan fingerprint density at radius 2 is 0.901 bits per heavy atom. The Bertz CT molecular complexity index is 3670. The van der Waals surface area contributed by atoms with E-state index >= 15 is 0 Å². The topological polar surface area (TPSA) is 6.48 Å². The van der Waals surface area contributed by atoms with Gasteiger partial charge in [-0.3, -0.25) is 0 Å². The lowest BCUT2D eigenvalue weighted by Crippen LogP contribution is -2.62. The Morgan fingerprint density at radius 1 is 0.423 bits per heavy atom. The lowest BCUT2D eigenvalue weighted by Gasteiger charge is -2.48. The van der Waals surface area contributed by atoms with Crippen LogP contribution >= 0.6 is 11.3 Å². The largest absolute Gasteiger partial charge is 0.311 e. The summed E-state index contributed by atoms with van der Waals surface area (Å²) < 4.78 is 2.69. The van der Waals surface area contributed by atoms with Crippen molar-refractivity contribution in [3.63, 3.8) is 0 Å². The smallest absolute Gasteiger partial charge is 0.252 e. The van der Waals surface area contributed by atoms with Gasteiger partial charge in [0.2, 0.25) is 0 Å². The molecule has 0 spiro atoms. The molecule has 3 aliphatic carbocycles. The number of rotatable bonds is 3. The van der Waals surface area contributed by atoms with Gasteiger partial charge in [-0.15, -0.1) is 11.3 Å². The molecule has 0 saturated carbocycles. The molecule has 13 rings (SSSR count). The average molecular weight is 947 g/mol. The van der Waals surface area contributed by atoms with Gasteiger partial charge in [0.25, 0.3) is 6.71 Å². The zero-order chi connectivity index (χ0) is 49.9. The van der Waals surface area contributed by atoms with Crippen LogP contribution in [0.15, 0.2) is 109 Å². The van der Waals surface area contributed by atoms with Crippen LogP contribution in [-0.4, -0.2) is 6.71 Å². The van der Waals surface area contributed by atoms with Crippen LogP contribution < -0.4 is 26.2 Å². The summed E-state index contributed by atoms with van der Waals surface area (Å²) in [6.07, 6.45) is 4.63. The van der Waals surface area contributed by atoms with E-state index in [9.17, 15) is 0 Å². The highest BCUT2D eigenvalue weighted by Gasteiger charge is 2.49. The Kier molecular flexibility index (Phi) is 9.15. The van der Waals surface area contributed by atoms with Crippen LogP contribution in [0.5, 0.6) is 0 Å². The van der Waals surface area contributed by atoms with E-state index in [1.807, 2.05) is 11.3 Å². The third-order valence-corrected chi connectivity index (χ3v) is 19.9. The van der Waals surface area contributed by atoms with Crippen molar-refractivity contribution in [1.29, 1.82) is 0 Å². The van der Waals surface area contributed by atoms with Crippen molar-refractivity contribution in [3.05, 3.63) is 159 Å². The molecule has 0 saturated heterocycles. The molecule has 3 heterocycles. The Hall–Kier alpha value is -5.58. The van der Waals surface area contributed by atoms with Crippen molar-refractivity contribution in [1.82, 2.24) is 0 Å². The van der Waals surface area contributed by atoms with E-state index in [2.05, 4.69) is 223 Å². The van der Waals surface area contributed by atoms with Crippen molar-refractivity contribution in [2.45, 2.75) is 162 Å². The maximum Gasteiger partial charge on any atom is 0.252 e. The minimum atomic E-state index is 0.0119. The molecule has 71 heavy (non-hydrogen) atoms. The molecule has 0 bridgehead atoms. The summed E-state index contributed by atoms with van der Waals surface area (Å²) in [6, 6.07) is 44.3. The van der Waals surface area contributed by atoms with Gasteiger partial charge < -0.3 is 9.80 Å². The first kappa shape index (κ1) is 45.3. The first-order valence-electron chi connectivity index (χ1n) is 26.7. The summed E-state index contributed by atoms with van der Waals surface area (Å²) >= 11 is 1.91. The monoisotopic (exact) mass is 947 g/mol. The van der Waals surface area contributed by atoms with Gasteiger partial charge in [0.1, 0.15) is 0 Å². The second kappa shape index (κ2) is 14.3. The normalized spacial score (nSPS) is 19.8. The van der Waals surface area contributed by atoms with Gasteiger partial charge in [-0.2, -0.15) is 0 Å². The fraction of sp³-hybridized carbons (Fsp3) is 0.373. The predicted octanol–water partition coefficient (Wildman–Crippen LogP) is 17.0. The molecule has 7 aromatic carbocycles. The van der Waals surface area contributed by atoms with Crippen LogP contribution in [0, 0.1) is 20.8 Å². The summed E-state index contributed by atoms with van der Waals surface area (Å²) in [5.41, 5.74) is 28.1. The SMILES string of the molecule is Cc1cc2c3c(c1)N(c1cc4c(cc1C)C(C)(C)CC4(C)C)c1cc4c(cc1B3c1cc(-c3cccc5sc6ccccc6c35)ccc1N2c1cc2c(cc1C)C(C)(C)CC2(C)C)C(C)(C)CCC4(C)C. The molecule has 2 nitrogen and oxygen atoms in total. The minimum absolute atomic E-state index is 0.0119. The summed E-state index contributed by atoms with van der Waals surface area (Å²) in [6.45, 7) is 36.8. The molecular formula is C67H71BN2S. The molecule has 0 fully saturated rings. The third kappa shape index (κ3) is 6.31. The second-order valence-electron chi connectivity index (χ2n) is 26.9. The fourth-order valence-corrected chi connectivity index (χ4v) is 16.7. The summed E-state index contributed by atoms with van der Waals surface area (Å²) in [5, 5.41) is 2.71. The molecule has 0 amide bonds. The van der Waals surface area contributed by atoms with Crippen LogP contribution in [-0.2, 0) is 32.5 Å². The van der Waals surface area contributed by atoms with E-state index in [1.165, 1.54) is 145 Å². The molecule has 1 aromatic heterocycles. The fourth-order valence-electron chi connectivity index (χ4n) is 15.6. The molecule has 5 aliphatic rings. The molecule has 4 heteroatoms. The molecule has 0 radical (unpaired) electrons. The molecule has 2 aliphatic heterocycles. The highest BCUT2D eigenvalue weighted by Crippen LogP contribution is 2.57. The van der Waals surface area contributed by atoms with E-state index < -0.39 is 0 Å². The summed E-state index contributed by atoms with van der Waals surface area (Å²) in [7, 11) is 0. The highest BCUT2D eigenvalue weighted by atomic mass is 32.1. The average Bonchev–Trinajstić information content (AvgIpc) is 3.83. The Labute approximate surface area is 428 Å².